The molecule has 21 heavy (non-hydrogen) atoms. The molecule has 0 atom stereocenters. The van der Waals surface area contributed by atoms with Crippen LogP contribution in [0.5, 0.6) is 0 Å². The van der Waals surface area contributed by atoms with E-state index in [2.05, 4.69) is 11.4 Å². The summed E-state index contributed by atoms with van der Waals surface area (Å²) >= 11 is 5.84. The van der Waals surface area contributed by atoms with Crippen molar-refractivity contribution < 1.29 is 4.79 Å². The Hall–Kier alpha value is -1.53. The van der Waals surface area contributed by atoms with Crippen LogP contribution in [0.15, 0.2) is 24.3 Å². The molecule has 4 heteroatoms. The van der Waals surface area contributed by atoms with Crippen molar-refractivity contribution in [3.8, 4) is 6.07 Å². The molecule has 1 aromatic carbocycles. The molecule has 0 heterocycles. The lowest BCUT2D eigenvalue weighted by molar-refractivity contribution is -0.128. The first kappa shape index (κ1) is 15.9. The number of nitrogens with one attached hydrogen (secondary N) is 1. The van der Waals surface area contributed by atoms with Gasteiger partial charge in [-0.3, -0.25) is 4.79 Å². The molecule has 0 bridgehead atoms. The monoisotopic (exact) mass is 304 g/mol. The van der Waals surface area contributed by atoms with Crippen molar-refractivity contribution in [2.24, 2.45) is 5.41 Å². The zero-order valence-corrected chi connectivity index (χ0v) is 13.0. The molecule has 0 aromatic heterocycles. The van der Waals surface area contributed by atoms with Crippen molar-refractivity contribution in [3.63, 3.8) is 0 Å². The van der Waals surface area contributed by atoms with Crippen LogP contribution >= 0.6 is 11.6 Å². The van der Waals surface area contributed by atoms with E-state index in [1.165, 1.54) is 0 Å². The third kappa shape index (κ3) is 4.22. The molecule has 1 aromatic rings. The van der Waals surface area contributed by atoms with Crippen LogP contribution in [0.25, 0.3) is 0 Å². The summed E-state index contributed by atoms with van der Waals surface area (Å²) < 4.78 is 0. The number of amides is 1. The molecule has 2 rings (SSSR count). The zero-order chi connectivity index (χ0) is 15.1. The Morgan fingerprint density at radius 1 is 1.19 bits per heavy atom. The number of nitrogens with zero attached hydrogens (tertiary/aromatic N) is 1. The number of carbonyl (C=O) groups excluding carboxylic acids is 1. The third-order valence-corrected chi connectivity index (χ3v) is 4.47. The van der Waals surface area contributed by atoms with Crippen molar-refractivity contribution in [1.29, 1.82) is 5.26 Å². The van der Waals surface area contributed by atoms with E-state index in [1.807, 2.05) is 24.3 Å². The van der Waals surface area contributed by atoms with Gasteiger partial charge in [0, 0.05) is 11.6 Å². The second-order valence-electron chi connectivity index (χ2n) is 5.74. The number of nitriles is 1. The highest BCUT2D eigenvalue weighted by Gasteiger charge is 2.38. The van der Waals surface area contributed by atoms with Gasteiger partial charge in [-0.25, -0.2) is 0 Å². The summed E-state index contributed by atoms with van der Waals surface area (Å²) in [6.07, 6.45) is 6.33. The van der Waals surface area contributed by atoms with Crippen LogP contribution < -0.4 is 5.32 Å². The first-order chi connectivity index (χ1) is 10.2. The second-order valence-corrected chi connectivity index (χ2v) is 6.18. The lowest BCUT2D eigenvalue weighted by Crippen LogP contribution is -2.40. The molecule has 0 unspecified atom stereocenters. The maximum absolute atomic E-state index is 12.4. The molecule has 112 valence electrons. The summed E-state index contributed by atoms with van der Waals surface area (Å²) in [6.45, 7) is 0.559. The minimum absolute atomic E-state index is 0.0964. The first-order valence-electron chi connectivity index (χ1n) is 7.60. The minimum atomic E-state index is -0.809. The lowest BCUT2D eigenvalue weighted by Gasteiger charge is -2.23. The fourth-order valence-electron chi connectivity index (χ4n) is 2.86. The van der Waals surface area contributed by atoms with Gasteiger partial charge in [0.15, 0.2) is 0 Å². The van der Waals surface area contributed by atoms with E-state index in [-0.39, 0.29) is 5.91 Å². The molecule has 1 N–H and O–H groups in total. The van der Waals surface area contributed by atoms with E-state index < -0.39 is 5.41 Å². The van der Waals surface area contributed by atoms with Crippen LogP contribution in [-0.4, -0.2) is 12.5 Å². The summed E-state index contributed by atoms with van der Waals surface area (Å²) in [6, 6.07) is 9.90. The summed E-state index contributed by atoms with van der Waals surface area (Å²) in [5.74, 6) is -0.0964. The van der Waals surface area contributed by atoms with E-state index >= 15 is 0 Å². The molecular formula is C17H21ClN2O. The Morgan fingerprint density at radius 2 is 1.81 bits per heavy atom. The smallest absolute Gasteiger partial charge is 0.240 e. The average Bonchev–Trinajstić information content (AvgIpc) is 2.75. The number of hydrogen-bond acceptors (Lipinski definition) is 2. The van der Waals surface area contributed by atoms with E-state index in [0.29, 0.717) is 24.4 Å². The second kappa shape index (κ2) is 7.47. The lowest BCUT2D eigenvalue weighted by atomic mass is 9.81. The number of benzene rings is 1. The Morgan fingerprint density at radius 3 is 2.38 bits per heavy atom. The van der Waals surface area contributed by atoms with E-state index in [0.717, 1.165) is 37.7 Å². The average molecular weight is 305 g/mol. The highest BCUT2D eigenvalue weighted by atomic mass is 35.5. The van der Waals surface area contributed by atoms with Gasteiger partial charge in [0.25, 0.3) is 0 Å². The summed E-state index contributed by atoms with van der Waals surface area (Å²) in [5.41, 5.74) is 0.322. The molecule has 1 aliphatic rings. The molecule has 1 amide bonds. The predicted molar refractivity (Wildman–Crippen MR) is 83.9 cm³/mol. The van der Waals surface area contributed by atoms with Gasteiger partial charge in [0.05, 0.1) is 6.07 Å². The molecule has 3 nitrogen and oxygen atoms in total. The number of hydrogen-bond donors (Lipinski definition) is 1. The largest absolute Gasteiger partial charge is 0.354 e. The minimum Gasteiger partial charge on any atom is -0.354 e. The van der Waals surface area contributed by atoms with Crippen LogP contribution in [0.4, 0.5) is 0 Å². The molecule has 0 saturated heterocycles. The van der Waals surface area contributed by atoms with Gasteiger partial charge in [-0.2, -0.15) is 5.26 Å². The standard InChI is InChI=1S/C17H21ClN2O/c18-15-7-5-14(6-8-15)9-12-20-16(21)17(13-19)10-3-1-2-4-11-17/h5-8H,1-4,9-12H2,(H,20,21). The number of rotatable bonds is 4. The Kier molecular flexibility index (Phi) is 5.64. The van der Waals surface area contributed by atoms with Crippen molar-refractivity contribution >= 4 is 17.5 Å². The van der Waals surface area contributed by atoms with Crippen molar-refractivity contribution in [2.75, 3.05) is 6.54 Å². The molecule has 1 aliphatic carbocycles. The van der Waals surface area contributed by atoms with Crippen LogP contribution in [-0.2, 0) is 11.2 Å². The normalized spacial score (nSPS) is 17.5. The Bertz CT molecular complexity index is 511. The highest BCUT2D eigenvalue weighted by Crippen LogP contribution is 2.34. The SMILES string of the molecule is N#CC1(C(=O)NCCc2ccc(Cl)cc2)CCCCCC1. The number of halogens is 1. The van der Waals surface area contributed by atoms with Crippen molar-refractivity contribution in [2.45, 2.75) is 44.9 Å². The maximum atomic E-state index is 12.4. The van der Waals surface area contributed by atoms with Gasteiger partial charge in [-0.15, -0.1) is 0 Å². The molecule has 0 radical (unpaired) electrons. The fourth-order valence-corrected chi connectivity index (χ4v) is 2.99. The summed E-state index contributed by atoms with van der Waals surface area (Å²) in [7, 11) is 0. The summed E-state index contributed by atoms with van der Waals surface area (Å²) in [4.78, 5) is 12.4. The van der Waals surface area contributed by atoms with E-state index in [1.54, 1.807) is 0 Å². The molecular weight excluding hydrogens is 284 g/mol. The van der Waals surface area contributed by atoms with E-state index in [4.69, 9.17) is 11.6 Å². The van der Waals surface area contributed by atoms with Gasteiger partial charge < -0.3 is 5.32 Å². The molecule has 1 fully saturated rings. The fraction of sp³-hybridized carbons (Fsp3) is 0.529. The Labute approximate surface area is 131 Å². The Balaban J connectivity index is 1.88. The van der Waals surface area contributed by atoms with Crippen LogP contribution in [0.2, 0.25) is 5.02 Å². The first-order valence-corrected chi connectivity index (χ1v) is 7.98. The zero-order valence-electron chi connectivity index (χ0n) is 12.2. The van der Waals surface area contributed by atoms with Gasteiger partial charge in [-0.05, 0) is 37.0 Å². The van der Waals surface area contributed by atoms with E-state index in [9.17, 15) is 10.1 Å². The van der Waals surface area contributed by atoms with Crippen LogP contribution in [0, 0.1) is 16.7 Å². The highest BCUT2D eigenvalue weighted by molar-refractivity contribution is 6.30. The topological polar surface area (TPSA) is 52.9 Å². The van der Waals surface area contributed by atoms with Crippen LogP contribution in [0.3, 0.4) is 0 Å². The van der Waals surface area contributed by atoms with Gasteiger partial charge in [0.2, 0.25) is 5.91 Å². The van der Waals surface area contributed by atoms with Gasteiger partial charge >= 0.3 is 0 Å². The number of carbonyl (C=O) groups is 1. The molecule has 0 aliphatic heterocycles. The summed E-state index contributed by atoms with van der Waals surface area (Å²) in [5, 5.41) is 13.1. The van der Waals surface area contributed by atoms with Crippen molar-refractivity contribution in [1.82, 2.24) is 5.32 Å². The molecule has 0 spiro atoms. The van der Waals surface area contributed by atoms with Gasteiger partial charge in [-0.1, -0.05) is 49.4 Å². The molecule has 1 saturated carbocycles. The quantitative estimate of drug-likeness (QED) is 0.859. The third-order valence-electron chi connectivity index (χ3n) is 4.22. The maximum Gasteiger partial charge on any atom is 0.240 e. The van der Waals surface area contributed by atoms with Crippen molar-refractivity contribution in [3.05, 3.63) is 34.9 Å². The predicted octanol–water partition coefficient (Wildman–Crippen LogP) is 3.86. The van der Waals surface area contributed by atoms with Crippen LogP contribution in [0.1, 0.15) is 44.1 Å². The van der Waals surface area contributed by atoms with Gasteiger partial charge in [0.1, 0.15) is 5.41 Å².